The third-order valence-electron chi connectivity index (χ3n) is 7.24. The third-order valence-corrected chi connectivity index (χ3v) is 9.35. The van der Waals surface area contributed by atoms with Crippen LogP contribution in [0.1, 0.15) is 28.3 Å². The molecule has 8 nitrogen and oxygen atoms in total. The summed E-state index contributed by atoms with van der Waals surface area (Å²) in [5, 5.41) is 32.4. The Morgan fingerprint density at radius 1 is 1.05 bits per heavy atom. The SMILES string of the molecule is COc1cc(C2C(=C(O)c3ccc(C)c(F)c3)C(=O)C(=O)N2c2nnc(SCc3cccc4ccccc34)s2)ccc1O. The molecule has 1 amide bonds. The first-order chi connectivity index (χ1) is 20.8. The fourth-order valence-corrected chi connectivity index (χ4v) is 6.89. The number of methoxy groups -OCH3 is 1. The number of aromatic nitrogens is 2. The molecule has 1 aliphatic rings. The summed E-state index contributed by atoms with van der Waals surface area (Å²) >= 11 is 2.58. The first-order valence-corrected chi connectivity index (χ1v) is 14.9. The van der Waals surface area contributed by atoms with Gasteiger partial charge in [-0.25, -0.2) is 4.39 Å². The minimum atomic E-state index is -1.15. The van der Waals surface area contributed by atoms with Crippen LogP contribution < -0.4 is 9.64 Å². The number of carbonyl (C=O) groups excluding carboxylic acids is 2. The van der Waals surface area contributed by atoms with Crippen molar-refractivity contribution in [3.05, 3.63) is 113 Å². The van der Waals surface area contributed by atoms with Crippen LogP contribution in [0.25, 0.3) is 16.5 Å². The highest BCUT2D eigenvalue weighted by molar-refractivity contribution is 8.00. The summed E-state index contributed by atoms with van der Waals surface area (Å²) in [5.74, 6) is -2.43. The minimum Gasteiger partial charge on any atom is -0.507 e. The zero-order chi connectivity index (χ0) is 30.2. The van der Waals surface area contributed by atoms with Crippen molar-refractivity contribution in [3.63, 3.8) is 0 Å². The van der Waals surface area contributed by atoms with Crippen molar-refractivity contribution < 1.29 is 28.9 Å². The number of aliphatic hydroxyl groups is 1. The number of benzene rings is 4. The molecule has 1 saturated heterocycles. The van der Waals surface area contributed by atoms with Gasteiger partial charge in [0.25, 0.3) is 5.78 Å². The van der Waals surface area contributed by atoms with Crippen molar-refractivity contribution in [2.75, 3.05) is 12.0 Å². The molecular weight excluding hydrogens is 590 g/mol. The number of fused-ring (bicyclic) bond motifs is 1. The fraction of sp³-hybridized carbons (Fsp3) is 0.125. The van der Waals surface area contributed by atoms with E-state index in [9.17, 15) is 24.2 Å². The number of anilines is 1. The average molecular weight is 614 g/mol. The summed E-state index contributed by atoms with van der Waals surface area (Å²) < 4.78 is 20.3. The van der Waals surface area contributed by atoms with Crippen molar-refractivity contribution in [1.29, 1.82) is 0 Å². The van der Waals surface area contributed by atoms with E-state index >= 15 is 0 Å². The lowest BCUT2D eigenvalue weighted by Crippen LogP contribution is -2.29. The highest BCUT2D eigenvalue weighted by atomic mass is 32.2. The van der Waals surface area contributed by atoms with Crippen LogP contribution in [0.3, 0.4) is 0 Å². The largest absolute Gasteiger partial charge is 0.507 e. The number of carbonyl (C=O) groups is 2. The predicted molar refractivity (Wildman–Crippen MR) is 164 cm³/mol. The maximum Gasteiger partial charge on any atom is 0.301 e. The fourth-order valence-electron chi connectivity index (χ4n) is 5.02. The highest BCUT2D eigenvalue weighted by Gasteiger charge is 2.48. The Hall–Kier alpha value is -4.74. The number of aliphatic hydroxyl groups excluding tert-OH is 1. The van der Waals surface area contributed by atoms with E-state index in [1.165, 1.54) is 54.1 Å². The molecule has 0 aliphatic carbocycles. The Morgan fingerprint density at radius 2 is 1.84 bits per heavy atom. The molecule has 216 valence electrons. The van der Waals surface area contributed by atoms with Gasteiger partial charge in [-0.1, -0.05) is 83.8 Å². The molecule has 0 saturated carbocycles. The van der Waals surface area contributed by atoms with Gasteiger partial charge in [-0.15, -0.1) is 10.2 Å². The highest BCUT2D eigenvalue weighted by Crippen LogP contribution is 2.45. The topological polar surface area (TPSA) is 113 Å². The van der Waals surface area contributed by atoms with Crippen LogP contribution in [-0.4, -0.2) is 39.2 Å². The van der Waals surface area contributed by atoms with Crippen molar-refractivity contribution in [2.24, 2.45) is 0 Å². The van der Waals surface area contributed by atoms with Crippen LogP contribution in [0.5, 0.6) is 11.5 Å². The number of aromatic hydroxyl groups is 1. The monoisotopic (exact) mass is 613 g/mol. The van der Waals surface area contributed by atoms with E-state index in [1.807, 2.05) is 36.4 Å². The van der Waals surface area contributed by atoms with Gasteiger partial charge in [0.1, 0.15) is 11.6 Å². The van der Waals surface area contributed by atoms with Crippen LogP contribution in [0.2, 0.25) is 0 Å². The quantitative estimate of drug-likeness (QED) is 0.0680. The lowest BCUT2D eigenvalue weighted by molar-refractivity contribution is -0.132. The van der Waals surface area contributed by atoms with Crippen molar-refractivity contribution in [3.8, 4) is 11.5 Å². The van der Waals surface area contributed by atoms with E-state index in [2.05, 4.69) is 16.3 Å². The van der Waals surface area contributed by atoms with Gasteiger partial charge in [-0.2, -0.15) is 0 Å². The summed E-state index contributed by atoms with van der Waals surface area (Å²) in [6.45, 7) is 1.58. The number of ether oxygens (including phenoxy) is 1. The number of ketones is 1. The second-order valence-electron chi connectivity index (χ2n) is 9.84. The second-order valence-corrected chi connectivity index (χ2v) is 12.0. The molecule has 1 aliphatic heterocycles. The summed E-state index contributed by atoms with van der Waals surface area (Å²) in [6, 6.07) is 21.4. The number of amides is 1. The van der Waals surface area contributed by atoms with Crippen LogP contribution in [-0.2, 0) is 15.3 Å². The van der Waals surface area contributed by atoms with E-state index < -0.39 is 29.3 Å². The molecule has 0 bridgehead atoms. The van der Waals surface area contributed by atoms with Gasteiger partial charge in [0.2, 0.25) is 5.13 Å². The van der Waals surface area contributed by atoms with Crippen molar-refractivity contribution in [2.45, 2.75) is 23.1 Å². The molecule has 5 aromatic rings. The summed E-state index contributed by atoms with van der Waals surface area (Å²) in [5.41, 5.74) is 1.63. The minimum absolute atomic E-state index is 0.0421. The predicted octanol–water partition coefficient (Wildman–Crippen LogP) is 6.77. The zero-order valence-corrected chi connectivity index (χ0v) is 24.6. The number of hydrogen-bond donors (Lipinski definition) is 2. The van der Waals surface area contributed by atoms with E-state index in [-0.39, 0.29) is 27.8 Å². The lowest BCUT2D eigenvalue weighted by atomic mass is 9.95. The maximum absolute atomic E-state index is 14.4. The molecule has 1 fully saturated rings. The van der Waals surface area contributed by atoms with Gasteiger partial charge >= 0.3 is 5.91 Å². The summed E-state index contributed by atoms with van der Waals surface area (Å²) in [6.07, 6.45) is 0. The summed E-state index contributed by atoms with van der Waals surface area (Å²) in [7, 11) is 1.37. The molecule has 1 aromatic heterocycles. The molecule has 0 spiro atoms. The van der Waals surface area contributed by atoms with Gasteiger partial charge in [-0.3, -0.25) is 14.5 Å². The number of nitrogens with zero attached hydrogens (tertiary/aromatic N) is 3. The second kappa shape index (κ2) is 11.5. The number of Topliss-reactive ketones (excluding diaryl/α,β-unsaturated/α-hetero) is 1. The van der Waals surface area contributed by atoms with Crippen LogP contribution in [0.15, 0.2) is 88.8 Å². The first kappa shape index (κ1) is 28.4. The molecule has 4 aromatic carbocycles. The average Bonchev–Trinajstić information content (AvgIpc) is 3.59. The zero-order valence-electron chi connectivity index (χ0n) is 22.9. The normalized spacial score (nSPS) is 16.3. The van der Waals surface area contributed by atoms with E-state index in [1.54, 1.807) is 6.92 Å². The van der Waals surface area contributed by atoms with Crippen molar-refractivity contribution >= 4 is 56.5 Å². The lowest BCUT2D eigenvalue weighted by Gasteiger charge is -2.23. The van der Waals surface area contributed by atoms with E-state index in [0.29, 0.717) is 21.2 Å². The molecule has 43 heavy (non-hydrogen) atoms. The molecule has 6 rings (SSSR count). The molecule has 1 unspecified atom stereocenters. The number of phenolic OH excluding ortho intramolecular Hbond substituents is 1. The number of aryl methyl sites for hydroxylation is 1. The molecular formula is C32H24FN3O5S2. The van der Waals surface area contributed by atoms with Crippen LogP contribution >= 0.6 is 23.1 Å². The van der Waals surface area contributed by atoms with Gasteiger partial charge < -0.3 is 14.9 Å². The molecule has 1 atom stereocenters. The summed E-state index contributed by atoms with van der Waals surface area (Å²) in [4.78, 5) is 28.2. The molecule has 2 heterocycles. The Bertz CT molecular complexity index is 1930. The maximum atomic E-state index is 14.4. The number of halogens is 1. The van der Waals surface area contributed by atoms with Crippen molar-refractivity contribution in [1.82, 2.24) is 10.2 Å². The van der Waals surface area contributed by atoms with Gasteiger partial charge in [0.15, 0.2) is 15.8 Å². The molecule has 11 heteroatoms. The Kier molecular flexibility index (Phi) is 7.59. The van der Waals surface area contributed by atoms with Gasteiger partial charge in [0, 0.05) is 11.3 Å². The van der Waals surface area contributed by atoms with Gasteiger partial charge in [-0.05, 0) is 52.6 Å². The van der Waals surface area contributed by atoms with E-state index in [4.69, 9.17) is 4.74 Å². The Balaban J connectivity index is 1.40. The van der Waals surface area contributed by atoms with E-state index in [0.717, 1.165) is 33.7 Å². The number of phenols is 1. The van der Waals surface area contributed by atoms with Crippen LogP contribution in [0, 0.1) is 12.7 Å². The number of hydrogen-bond acceptors (Lipinski definition) is 9. The van der Waals surface area contributed by atoms with Gasteiger partial charge in [0.05, 0.1) is 18.7 Å². The standard InChI is InChI=1S/C32H24FN3O5S2/c1-17-10-11-20(14-23(17)33)28(38)26-27(19-12-13-24(37)25(15-19)41-2)36(30(40)29(26)39)31-34-35-32(43-31)42-16-21-8-5-7-18-6-3-4-9-22(18)21/h3-15,27,37-38H,16H2,1-2H3. The van der Waals surface area contributed by atoms with Crippen LogP contribution in [0.4, 0.5) is 9.52 Å². The first-order valence-electron chi connectivity index (χ1n) is 13.1. The third kappa shape index (κ3) is 5.21. The Labute approximate surface area is 254 Å². The molecule has 0 radical (unpaired) electrons. The molecule has 2 N–H and O–H groups in total. The Morgan fingerprint density at radius 3 is 2.63 bits per heavy atom. The number of rotatable bonds is 7. The smallest absolute Gasteiger partial charge is 0.301 e. The number of thioether (sulfide) groups is 1.